The molecule has 0 aromatic heterocycles. The zero-order chi connectivity index (χ0) is 10.4. The van der Waals surface area contributed by atoms with Gasteiger partial charge < -0.3 is 0 Å². The number of halogens is 3. The minimum Gasteiger partial charge on any atom is -0.207 e. The first-order valence-electron chi connectivity index (χ1n) is 4.38. The maximum Gasteiger partial charge on any atom is 0.136 e. The lowest BCUT2D eigenvalue weighted by Crippen LogP contribution is -1.86. The molecule has 14 heavy (non-hydrogen) atoms. The summed E-state index contributed by atoms with van der Waals surface area (Å²) < 4.78 is 25.8. The molecule has 0 nitrogen and oxygen atoms in total. The number of rotatable bonds is 5. The number of thioether (sulfide) groups is 1. The molecule has 0 saturated heterocycles. The second-order valence-corrected chi connectivity index (χ2v) is 4.33. The van der Waals surface area contributed by atoms with Crippen molar-refractivity contribution in [1.29, 1.82) is 0 Å². The first kappa shape index (κ1) is 11.8. The third-order valence-corrected chi connectivity index (χ3v) is 3.06. The van der Waals surface area contributed by atoms with Gasteiger partial charge in [0.1, 0.15) is 11.6 Å². The minimum absolute atomic E-state index is 0.359. The first-order valence-corrected chi connectivity index (χ1v) is 5.90. The van der Waals surface area contributed by atoms with Gasteiger partial charge in [0.05, 0.1) is 0 Å². The van der Waals surface area contributed by atoms with E-state index >= 15 is 0 Å². The van der Waals surface area contributed by atoms with E-state index in [1.165, 1.54) is 17.8 Å². The molecule has 1 rings (SSSR count). The van der Waals surface area contributed by atoms with E-state index in [1.807, 2.05) is 0 Å². The summed E-state index contributed by atoms with van der Waals surface area (Å²) in [6, 6.07) is 3.50. The molecular formula is C10H11ClF2S. The standard InChI is InChI=1S/C10H11ClF2S/c11-5-1-2-6-14-10-7-8(12)3-4-9(10)13/h3-4,7H,1-2,5-6H2. The Morgan fingerprint density at radius 3 is 2.71 bits per heavy atom. The van der Waals surface area contributed by atoms with Gasteiger partial charge in [-0.15, -0.1) is 23.4 Å². The highest BCUT2D eigenvalue weighted by Crippen LogP contribution is 2.23. The summed E-state index contributed by atoms with van der Waals surface area (Å²) in [6.45, 7) is 0. The van der Waals surface area contributed by atoms with Crippen molar-refractivity contribution in [3.63, 3.8) is 0 Å². The lowest BCUT2D eigenvalue weighted by molar-refractivity contribution is 0.577. The molecule has 1 aromatic carbocycles. The van der Waals surface area contributed by atoms with Gasteiger partial charge in [0.25, 0.3) is 0 Å². The Morgan fingerprint density at radius 1 is 1.21 bits per heavy atom. The van der Waals surface area contributed by atoms with Gasteiger partial charge in [0, 0.05) is 10.8 Å². The van der Waals surface area contributed by atoms with Crippen LogP contribution < -0.4 is 0 Å². The molecule has 0 aliphatic heterocycles. The Kier molecular flexibility index (Phi) is 5.26. The summed E-state index contributed by atoms with van der Waals surface area (Å²) in [6.07, 6.45) is 1.83. The summed E-state index contributed by atoms with van der Waals surface area (Å²) in [5.41, 5.74) is 0. The monoisotopic (exact) mass is 236 g/mol. The fourth-order valence-electron chi connectivity index (χ4n) is 0.966. The largest absolute Gasteiger partial charge is 0.207 e. The number of alkyl halides is 1. The van der Waals surface area contributed by atoms with Crippen LogP contribution in [0.3, 0.4) is 0 Å². The fourth-order valence-corrected chi connectivity index (χ4v) is 2.13. The van der Waals surface area contributed by atoms with E-state index in [0.717, 1.165) is 30.7 Å². The predicted molar refractivity (Wildman–Crippen MR) is 57.0 cm³/mol. The lowest BCUT2D eigenvalue weighted by Gasteiger charge is -2.02. The second-order valence-electron chi connectivity index (χ2n) is 2.82. The first-order chi connectivity index (χ1) is 6.74. The van der Waals surface area contributed by atoms with Gasteiger partial charge in [-0.25, -0.2) is 8.78 Å². The van der Waals surface area contributed by atoms with Crippen molar-refractivity contribution >= 4 is 23.4 Å². The molecule has 0 spiro atoms. The molecule has 1 aromatic rings. The minimum atomic E-state index is -0.397. The highest BCUT2D eigenvalue weighted by Gasteiger charge is 2.03. The van der Waals surface area contributed by atoms with E-state index in [-0.39, 0.29) is 5.82 Å². The van der Waals surface area contributed by atoms with E-state index in [9.17, 15) is 8.78 Å². The molecular weight excluding hydrogens is 226 g/mol. The zero-order valence-electron chi connectivity index (χ0n) is 7.60. The molecule has 0 bridgehead atoms. The fraction of sp³-hybridized carbons (Fsp3) is 0.400. The van der Waals surface area contributed by atoms with E-state index in [4.69, 9.17) is 11.6 Å². The van der Waals surface area contributed by atoms with Crippen LogP contribution in [0.2, 0.25) is 0 Å². The zero-order valence-corrected chi connectivity index (χ0v) is 9.18. The van der Waals surface area contributed by atoms with E-state index < -0.39 is 5.82 Å². The number of hydrogen-bond acceptors (Lipinski definition) is 1. The molecule has 0 amide bonds. The lowest BCUT2D eigenvalue weighted by atomic mass is 10.3. The van der Waals surface area contributed by atoms with Crippen molar-refractivity contribution < 1.29 is 8.78 Å². The average molecular weight is 237 g/mol. The summed E-state index contributed by atoms with van der Waals surface area (Å²) in [4.78, 5) is 0.375. The highest BCUT2D eigenvalue weighted by molar-refractivity contribution is 7.99. The van der Waals surface area contributed by atoms with Crippen molar-refractivity contribution in [2.45, 2.75) is 17.7 Å². The Balaban J connectivity index is 2.45. The molecule has 4 heteroatoms. The Bertz CT molecular complexity index is 291. The molecule has 0 heterocycles. The van der Waals surface area contributed by atoms with E-state index in [0.29, 0.717) is 10.8 Å². The van der Waals surface area contributed by atoms with Crippen molar-refractivity contribution in [3.8, 4) is 0 Å². The van der Waals surface area contributed by atoms with E-state index in [2.05, 4.69) is 0 Å². The summed E-state index contributed by atoms with van der Waals surface area (Å²) in [7, 11) is 0. The van der Waals surface area contributed by atoms with Crippen LogP contribution in [0.15, 0.2) is 23.1 Å². The molecule has 0 aliphatic carbocycles. The number of benzene rings is 1. The van der Waals surface area contributed by atoms with Crippen molar-refractivity contribution in [1.82, 2.24) is 0 Å². The summed E-state index contributed by atoms with van der Waals surface area (Å²) >= 11 is 6.82. The summed E-state index contributed by atoms with van der Waals surface area (Å²) in [5, 5.41) is 0. The molecule has 0 radical (unpaired) electrons. The van der Waals surface area contributed by atoms with Gasteiger partial charge in [-0.05, 0) is 36.8 Å². The smallest absolute Gasteiger partial charge is 0.136 e. The van der Waals surface area contributed by atoms with Crippen LogP contribution in [0.25, 0.3) is 0 Å². The highest BCUT2D eigenvalue weighted by atomic mass is 35.5. The molecule has 0 unspecified atom stereocenters. The van der Waals surface area contributed by atoms with Crippen molar-refractivity contribution in [2.24, 2.45) is 0 Å². The maximum absolute atomic E-state index is 13.1. The van der Waals surface area contributed by atoms with Gasteiger partial charge in [0.15, 0.2) is 0 Å². The van der Waals surface area contributed by atoms with Gasteiger partial charge in [-0.1, -0.05) is 0 Å². The maximum atomic E-state index is 13.1. The quantitative estimate of drug-likeness (QED) is 0.422. The van der Waals surface area contributed by atoms with Crippen LogP contribution in [0.5, 0.6) is 0 Å². The summed E-state index contributed by atoms with van der Waals surface area (Å²) in [5.74, 6) is 0.632. The topological polar surface area (TPSA) is 0 Å². The predicted octanol–water partition coefficient (Wildman–Crippen LogP) is 4.08. The van der Waals surface area contributed by atoms with Crippen molar-refractivity contribution in [2.75, 3.05) is 11.6 Å². The van der Waals surface area contributed by atoms with Crippen LogP contribution in [-0.4, -0.2) is 11.6 Å². The number of hydrogen-bond donors (Lipinski definition) is 0. The Morgan fingerprint density at radius 2 is 2.00 bits per heavy atom. The average Bonchev–Trinajstić information content (AvgIpc) is 2.18. The van der Waals surface area contributed by atoms with Crippen LogP contribution in [-0.2, 0) is 0 Å². The molecule has 0 atom stereocenters. The van der Waals surface area contributed by atoms with Crippen molar-refractivity contribution in [3.05, 3.63) is 29.8 Å². The van der Waals surface area contributed by atoms with Crippen LogP contribution in [0.4, 0.5) is 8.78 Å². The van der Waals surface area contributed by atoms with Gasteiger partial charge in [0.2, 0.25) is 0 Å². The molecule has 0 N–H and O–H groups in total. The van der Waals surface area contributed by atoms with Crippen LogP contribution in [0, 0.1) is 11.6 Å². The second kappa shape index (κ2) is 6.25. The van der Waals surface area contributed by atoms with Crippen LogP contribution >= 0.6 is 23.4 Å². The van der Waals surface area contributed by atoms with Gasteiger partial charge in [-0.3, -0.25) is 0 Å². The molecule has 0 fully saturated rings. The van der Waals surface area contributed by atoms with E-state index in [1.54, 1.807) is 0 Å². The Labute approximate surface area is 91.6 Å². The van der Waals surface area contributed by atoms with Gasteiger partial charge >= 0.3 is 0 Å². The normalized spacial score (nSPS) is 10.5. The third kappa shape index (κ3) is 3.84. The third-order valence-electron chi connectivity index (χ3n) is 1.68. The SMILES string of the molecule is Fc1ccc(F)c(SCCCCCl)c1. The van der Waals surface area contributed by atoms with Crippen LogP contribution in [0.1, 0.15) is 12.8 Å². The molecule has 0 aliphatic rings. The molecule has 0 saturated carbocycles. The van der Waals surface area contributed by atoms with Gasteiger partial charge in [-0.2, -0.15) is 0 Å². The number of unbranched alkanes of at least 4 members (excludes halogenated alkanes) is 1. The molecule has 78 valence electrons. The Hall–Kier alpha value is -0.280.